The van der Waals surface area contributed by atoms with Crippen LogP contribution in [0.1, 0.15) is 58.8 Å². The van der Waals surface area contributed by atoms with Gasteiger partial charge in [-0.15, -0.1) is 16.5 Å². The molecule has 0 bridgehead atoms. The van der Waals surface area contributed by atoms with E-state index in [-0.39, 0.29) is 31.3 Å². The maximum absolute atomic E-state index is 13.2. The predicted octanol–water partition coefficient (Wildman–Crippen LogP) is -0.189. The second-order valence-corrected chi connectivity index (χ2v) is 10.9. The van der Waals surface area contributed by atoms with Gasteiger partial charge in [-0.05, 0) is 50.9 Å². The third-order valence-corrected chi connectivity index (χ3v) is 7.40. The number of halogens is 1. The summed E-state index contributed by atoms with van der Waals surface area (Å²) >= 11 is 5.61. The number of nitrogens with two attached hydrogens (primary N) is 1. The van der Waals surface area contributed by atoms with E-state index >= 15 is 0 Å². The number of nitrogens with zero attached hydrogens (tertiary/aromatic N) is 4. The van der Waals surface area contributed by atoms with Crippen LogP contribution in [0.15, 0.2) is 5.29 Å². The van der Waals surface area contributed by atoms with Gasteiger partial charge in [0.1, 0.15) is 18.1 Å². The Balaban J connectivity index is 2.00. The zero-order valence-corrected chi connectivity index (χ0v) is 24.3. The minimum absolute atomic E-state index is 0.0212. The number of carbonyl (C=O) groups is 6. The van der Waals surface area contributed by atoms with Crippen molar-refractivity contribution in [2.75, 3.05) is 32.1 Å². The largest absolute Gasteiger partial charge is 0.359 e. The van der Waals surface area contributed by atoms with Crippen LogP contribution in [0.3, 0.4) is 0 Å². The molecule has 2 rings (SSSR count). The molecule has 5 N–H and O–H groups in total. The van der Waals surface area contributed by atoms with E-state index in [1.165, 1.54) is 9.80 Å². The number of nitrogens with one attached hydrogen (secondary N) is 3. The minimum Gasteiger partial charge on any atom is -0.359 e. The fourth-order valence-corrected chi connectivity index (χ4v) is 5.18. The van der Waals surface area contributed by atoms with Crippen molar-refractivity contribution in [3.63, 3.8) is 0 Å². The summed E-state index contributed by atoms with van der Waals surface area (Å²) in [6.07, 6.45) is 4.07. The number of likely N-dealkylation sites (tertiary alicyclic amines) is 2. The van der Waals surface area contributed by atoms with Crippen molar-refractivity contribution in [1.29, 1.82) is 0 Å². The van der Waals surface area contributed by atoms with Crippen molar-refractivity contribution in [1.82, 2.24) is 30.8 Å². The van der Waals surface area contributed by atoms with Crippen LogP contribution in [-0.4, -0.2) is 107 Å². The van der Waals surface area contributed by atoms with E-state index in [9.17, 15) is 33.7 Å². The van der Waals surface area contributed by atoms with Gasteiger partial charge in [0, 0.05) is 25.5 Å². The first-order valence-electron chi connectivity index (χ1n) is 13.9. The average molecular weight is 601 g/mol. The average Bonchev–Trinajstić information content (AvgIpc) is 3.63. The summed E-state index contributed by atoms with van der Waals surface area (Å²) in [6.45, 7) is 4.32. The first-order chi connectivity index (χ1) is 19.6. The van der Waals surface area contributed by atoms with E-state index in [2.05, 4.69) is 21.2 Å². The monoisotopic (exact) mass is 600 g/mol. The molecule has 0 aromatic carbocycles. The highest BCUT2D eigenvalue weighted by molar-refractivity contribution is 6.18. The smallest absolute Gasteiger partial charge is 0.343 e. The van der Waals surface area contributed by atoms with Crippen LogP contribution in [0, 0.1) is 10.8 Å². The molecule has 41 heavy (non-hydrogen) atoms. The van der Waals surface area contributed by atoms with Crippen molar-refractivity contribution < 1.29 is 28.8 Å². The Labute approximate surface area is 244 Å². The quantitative estimate of drug-likeness (QED) is 0.0650. The molecule has 7 amide bonds. The molecule has 2 heterocycles. The number of rotatable bonds is 15. The SMILES string of the molecule is CC(C)[C@H](NC(=O)[C@@H]1CCCN1C(=O)[C@@H](N)CCCCNC=O)C(=O)NC(=O)[C@@H]1CCCN1C(=O)N(CCCl)N=O. The molecule has 0 aromatic rings. The Morgan fingerprint density at radius 2 is 1.68 bits per heavy atom. The molecule has 0 saturated carbocycles. The minimum atomic E-state index is -1.09. The number of carbonyl (C=O) groups excluding carboxylic acids is 6. The number of imide groups is 1. The van der Waals surface area contributed by atoms with Crippen LogP contribution in [0.25, 0.3) is 0 Å². The second kappa shape index (κ2) is 16.8. The van der Waals surface area contributed by atoms with Crippen molar-refractivity contribution in [2.45, 2.75) is 83.0 Å². The lowest BCUT2D eigenvalue weighted by molar-refractivity contribution is -0.141. The van der Waals surface area contributed by atoms with Crippen LogP contribution in [0.5, 0.6) is 0 Å². The van der Waals surface area contributed by atoms with E-state index < -0.39 is 53.8 Å². The van der Waals surface area contributed by atoms with E-state index in [0.29, 0.717) is 63.0 Å². The molecule has 2 saturated heterocycles. The fraction of sp³-hybridized carbons (Fsp3) is 0.760. The molecule has 4 atom stereocenters. The molecule has 2 fully saturated rings. The van der Waals surface area contributed by atoms with Gasteiger partial charge in [0.2, 0.25) is 30.0 Å². The number of unbranched alkanes of at least 4 members (excludes halogenated alkanes) is 1. The summed E-state index contributed by atoms with van der Waals surface area (Å²) in [5.41, 5.74) is 6.09. The molecule has 15 nitrogen and oxygen atoms in total. The number of hydrogen-bond acceptors (Lipinski definition) is 9. The Morgan fingerprint density at radius 1 is 1.05 bits per heavy atom. The standard InChI is InChI=1S/C25H41ClN8O7/c1-16(2)20(23(38)30-22(37)19-9-6-13-33(19)25(40)34(31-41)14-10-26)29-21(36)18-8-5-12-32(18)24(39)17(27)7-3-4-11-28-15-35/h15-20H,3-14,27H2,1-2H3,(H,28,35)(H,29,36)(H,30,37,38)/t17-,18-,19-,20-/m0/s1. The normalized spacial score (nSPS) is 19.8. The van der Waals surface area contributed by atoms with E-state index in [4.69, 9.17) is 17.3 Å². The summed E-state index contributed by atoms with van der Waals surface area (Å²) in [4.78, 5) is 88.9. The lowest BCUT2D eigenvalue weighted by Crippen LogP contribution is -2.58. The molecular weight excluding hydrogens is 560 g/mol. The lowest BCUT2D eigenvalue weighted by Gasteiger charge is -2.30. The maximum atomic E-state index is 13.2. The molecular formula is C25H41ClN8O7. The van der Waals surface area contributed by atoms with Gasteiger partial charge < -0.3 is 26.2 Å². The zero-order valence-electron chi connectivity index (χ0n) is 23.6. The van der Waals surface area contributed by atoms with E-state index in [1.807, 2.05) is 0 Å². The third-order valence-electron chi connectivity index (χ3n) is 7.24. The highest BCUT2D eigenvalue weighted by Gasteiger charge is 2.40. The van der Waals surface area contributed by atoms with Crippen LogP contribution in [0.4, 0.5) is 4.79 Å². The van der Waals surface area contributed by atoms with Gasteiger partial charge in [0.15, 0.2) is 0 Å². The first kappa shape index (κ1) is 33.9. The summed E-state index contributed by atoms with van der Waals surface area (Å²) in [5.74, 6) is -2.78. The summed E-state index contributed by atoms with van der Waals surface area (Å²) in [7, 11) is 0. The number of urea groups is 1. The van der Waals surface area contributed by atoms with Crippen LogP contribution in [-0.2, 0) is 24.0 Å². The highest BCUT2D eigenvalue weighted by Crippen LogP contribution is 2.21. The molecule has 16 heteroatoms. The molecule has 0 aromatic heterocycles. The van der Waals surface area contributed by atoms with Crippen molar-refractivity contribution in [2.24, 2.45) is 16.9 Å². The summed E-state index contributed by atoms with van der Waals surface area (Å²) in [5, 5.41) is 10.8. The lowest BCUT2D eigenvalue weighted by atomic mass is 10.0. The van der Waals surface area contributed by atoms with E-state index in [1.54, 1.807) is 13.8 Å². The van der Waals surface area contributed by atoms with Crippen molar-refractivity contribution in [3.05, 3.63) is 4.91 Å². The molecule has 0 spiro atoms. The number of hydrogen-bond donors (Lipinski definition) is 4. The topological polar surface area (TPSA) is 204 Å². The molecule has 0 unspecified atom stereocenters. The molecule has 230 valence electrons. The van der Waals surface area contributed by atoms with Gasteiger partial charge in [0.25, 0.3) is 0 Å². The number of amides is 7. The Hall–Kier alpha value is -3.33. The van der Waals surface area contributed by atoms with Gasteiger partial charge in [-0.1, -0.05) is 13.8 Å². The Bertz CT molecular complexity index is 968. The molecule has 2 aliphatic rings. The number of alkyl halides is 1. The van der Waals surface area contributed by atoms with Gasteiger partial charge in [-0.3, -0.25) is 29.3 Å². The van der Waals surface area contributed by atoms with Gasteiger partial charge >= 0.3 is 6.03 Å². The van der Waals surface area contributed by atoms with Gasteiger partial charge in [-0.25, -0.2) is 4.79 Å². The number of nitroso groups, excluding NO2 is 1. The first-order valence-corrected chi connectivity index (χ1v) is 14.5. The summed E-state index contributed by atoms with van der Waals surface area (Å²) < 4.78 is 0. The van der Waals surface area contributed by atoms with Gasteiger partial charge in [0.05, 0.1) is 17.9 Å². The van der Waals surface area contributed by atoms with Gasteiger partial charge in [-0.2, -0.15) is 5.01 Å². The van der Waals surface area contributed by atoms with Crippen molar-refractivity contribution >= 4 is 47.7 Å². The van der Waals surface area contributed by atoms with Crippen LogP contribution in [0.2, 0.25) is 0 Å². The third kappa shape index (κ3) is 9.35. The van der Waals surface area contributed by atoms with Crippen LogP contribution < -0.4 is 21.7 Å². The molecule has 0 radical (unpaired) electrons. The Morgan fingerprint density at radius 3 is 2.27 bits per heavy atom. The predicted molar refractivity (Wildman–Crippen MR) is 149 cm³/mol. The summed E-state index contributed by atoms with van der Waals surface area (Å²) in [6, 6.07) is -4.46. The molecule has 0 aliphatic carbocycles. The second-order valence-electron chi connectivity index (χ2n) is 10.5. The highest BCUT2D eigenvalue weighted by atomic mass is 35.5. The molecule has 2 aliphatic heterocycles. The fourth-order valence-electron chi connectivity index (χ4n) is 5.02. The van der Waals surface area contributed by atoms with E-state index in [0.717, 1.165) is 0 Å². The zero-order chi connectivity index (χ0) is 30.5. The van der Waals surface area contributed by atoms with Crippen LogP contribution >= 0.6 is 11.6 Å². The Kier molecular flexibility index (Phi) is 13.9. The van der Waals surface area contributed by atoms with Crippen molar-refractivity contribution in [3.8, 4) is 0 Å². The maximum Gasteiger partial charge on any atom is 0.343 e.